The predicted molar refractivity (Wildman–Crippen MR) is 73.7 cm³/mol. The van der Waals surface area contributed by atoms with Gasteiger partial charge in [0.25, 0.3) is 0 Å². The van der Waals surface area contributed by atoms with Crippen molar-refractivity contribution in [2.45, 2.75) is 18.9 Å². The molecule has 114 valence electrons. The van der Waals surface area contributed by atoms with Gasteiger partial charge in [-0.15, -0.1) is 0 Å². The Labute approximate surface area is 121 Å². The van der Waals surface area contributed by atoms with Crippen LogP contribution in [-0.4, -0.2) is 46.8 Å². The van der Waals surface area contributed by atoms with Gasteiger partial charge in [0, 0.05) is 13.6 Å². The highest BCUT2D eigenvalue weighted by atomic mass is 19.1. The first-order valence-electron chi connectivity index (χ1n) is 6.60. The van der Waals surface area contributed by atoms with Crippen molar-refractivity contribution in [2.24, 2.45) is 5.92 Å². The number of hydrogen-bond acceptors (Lipinski definition) is 3. The molecule has 1 saturated carbocycles. The van der Waals surface area contributed by atoms with Crippen LogP contribution in [0.25, 0.3) is 0 Å². The van der Waals surface area contributed by atoms with Crippen molar-refractivity contribution in [1.82, 2.24) is 4.90 Å². The number of rotatable bonds is 4. The number of aliphatic hydroxyl groups excluding tert-OH is 1. The van der Waals surface area contributed by atoms with Crippen LogP contribution in [0.3, 0.4) is 0 Å². The fourth-order valence-electron chi connectivity index (χ4n) is 2.34. The molecule has 1 aliphatic carbocycles. The molecule has 0 heterocycles. The number of aliphatic hydroxyl groups is 1. The van der Waals surface area contributed by atoms with Gasteiger partial charge < -0.3 is 20.4 Å². The molecule has 7 heteroatoms. The molecule has 1 aromatic rings. The highest BCUT2D eigenvalue weighted by Crippen LogP contribution is 2.27. The Bertz CT molecular complexity index is 558. The summed E-state index contributed by atoms with van der Waals surface area (Å²) in [5.74, 6) is -1.63. The van der Waals surface area contributed by atoms with Crippen LogP contribution in [0.5, 0.6) is 0 Å². The van der Waals surface area contributed by atoms with E-state index in [-0.39, 0.29) is 23.3 Å². The number of nitrogens with one attached hydrogen (secondary N) is 1. The summed E-state index contributed by atoms with van der Waals surface area (Å²) in [5.41, 5.74) is -0.245. The first-order valence-corrected chi connectivity index (χ1v) is 6.60. The van der Waals surface area contributed by atoms with E-state index in [1.807, 2.05) is 0 Å². The minimum absolute atomic E-state index is 0.0759. The number of carboxylic acids is 1. The molecule has 0 spiro atoms. The second-order valence-corrected chi connectivity index (χ2v) is 5.30. The normalized spacial score (nSPS) is 20.5. The van der Waals surface area contributed by atoms with E-state index in [4.69, 9.17) is 5.11 Å². The van der Waals surface area contributed by atoms with Crippen LogP contribution in [0.1, 0.15) is 23.2 Å². The molecule has 1 aromatic carbocycles. The maximum atomic E-state index is 13.2. The van der Waals surface area contributed by atoms with E-state index in [9.17, 15) is 19.1 Å². The molecule has 0 saturated heterocycles. The number of urea groups is 1. The number of carboxylic acid groups (broad SMARTS) is 1. The number of halogens is 1. The molecule has 1 aliphatic rings. The van der Waals surface area contributed by atoms with Gasteiger partial charge in [0.15, 0.2) is 0 Å². The Morgan fingerprint density at radius 1 is 1.43 bits per heavy atom. The fourth-order valence-corrected chi connectivity index (χ4v) is 2.34. The van der Waals surface area contributed by atoms with Gasteiger partial charge in [-0.1, -0.05) is 0 Å². The number of benzene rings is 1. The van der Waals surface area contributed by atoms with Gasteiger partial charge >= 0.3 is 12.0 Å². The lowest BCUT2D eigenvalue weighted by molar-refractivity contribution is 0.0332. The molecule has 0 bridgehead atoms. The predicted octanol–water partition coefficient (Wildman–Crippen LogP) is 1.76. The smallest absolute Gasteiger partial charge is 0.337 e. The number of carbonyl (C=O) groups is 2. The van der Waals surface area contributed by atoms with E-state index in [0.717, 1.165) is 18.2 Å². The molecule has 1 fully saturated rings. The van der Waals surface area contributed by atoms with Crippen LogP contribution in [0.15, 0.2) is 18.2 Å². The first kappa shape index (κ1) is 15.2. The summed E-state index contributed by atoms with van der Waals surface area (Å²) in [4.78, 5) is 24.4. The largest absolute Gasteiger partial charge is 0.478 e. The highest BCUT2D eigenvalue weighted by molar-refractivity contribution is 5.99. The summed E-state index contributed by atoms with van der Waals surface area (Å²) in [6.45, 7) is 0.459. The van der Waals surface area contributed by atoms with Crippen LogP contribution in [0.2, 0.25) is 0 Å². The standard InChI is InChI=1S/C14H17FN2O4/c1-17(7-8-4-10(18)5-8)14(21)16-12-6-9(15)2-3-11(12)13(19)20/h2-3,6,8,10,18H,4-5,7H2,1H3,(H,16,21)(H,19,20). The topological polar surface area (TPSA) is 89.9 Å². The molecule has 2 amide bonds. The van der Waals surface area contributed by atoms with Gasteiger partial charge in [-0.2, -0.15) is 0 Å². The van der Waals surface area contributed by atoms with Crippen molar-refractivity contribution in [2.75, 3.05) is 18.9 Å². The second-order valence-electron chi connectivity index (χ2n) is 5.30. The molecule has 0 atom stereocenters. The second kappa shape index (κ2) is 6.09. The van der Waals surface area contributed by atoms with Crippen molar-refractivity contribution >= 4 is 17.7 Å². The molecule has 0 radical (unpaired) electrons. The van der Waals surface area contributed by atoms with E-state index < -0.39 is 17.8 Å². The van der Waals surface area contributed by atoms with Crippen LogP contribution >= 0.6 is 0 Å². The van der Waals surface area contributed by atoms with Crippen molar-refractivity contribution in [3.05, 3.63) is 29.6 Å². The number of hydrogen-bond donors (Lipinski definition) is 3. The summed E-state index contributed by atoms with van der Waals surface area (Å²) in [5, 5.41) is 20.6. The molecule has 0 aromatic heterocycles. The molecule has 2 rings (SSSR count). The molecular formula is C14H17FN2O4. The minimum atomic E-state index is -1.24. The number of nitrogens with zero attached hydrogens (tertiary/aromatic N) is 1. The fraction of sp³-hybridized carbons (Fsp3) is 0.429. The van der Waals surface area contributed by atoms with Gasteiger partial charge in [-0.3, -0.25) is 0 Å². The third-order valence-corrected chi connectivity index (χ3v) is 3.54. The van der Waals surface area contributed by atoms with Crippen LogP contribution in [0.4, 0.5) is 14.9 Å². The molecule has 21 heavy (non-hydrogen) atoms. The van der Waals surface area contributed by atoms with Crippen molar-refractivity contribution < 1.29 is 24.2 Å². The Hall–Kier alpha value is -2.15. The maximum absolute atomic E-state index is 13.2. The van der Waals surface area contributed by atoms with Crippen molar-refractivity contribution in [3.63, 3.8) is 0 Å². The SMILES string of the molecule is CN(CC1CC(O)C1)C(=O)Nc1cc(F)ccc1C(=O)O. The molecule has 6 nitrogen and oxygen atoms in total. The lowest BCUT2D eigenvalue weighted by Crippen LogP contribution is -2.41. The van der Waals surface area contributed by atoms with E-state index in [1.165, 1.54) is 4.90 Å². The van der Waals surface area contributed by atoms with Gasteiger partial charge in [-0.25, -0.2) is 14.0 Å². The van der Waals surface area contributed by atoms with E-state index in [2.05, 4.69) is 5.32 Å². The van der Waals surface area contributed by atoms with Crippen LogP contribution in [0, 0.1) is 11.7 Å². The average molecular weight is 296 g/mol. The minimum Gasteiger partial charge on any atom is -0.478 e. The Kier molecular flexibility index (Phi) is 4.42. The molecule has 3 N–H and O–H groups in total. The van der Waals surface area contributed by atoms with Crippen molar-refractivity contribution in [1.29, 1.82) is 0 Å². The number of aromatic carboxylic acids is 1. The summed E-state index contributed by atoms with van der Waals surface area (Å²) in [7, 11) is 1.57. The zero-order chi connectivity index (χ0) is 15.6. The highest BCUT2D eigenvalue weighted by Gasteiger charge is 2.29. The van der Waals surface area contributed by atoms with E-state index in [0.29, 0.717) is 19.4 Å². The van der Waals surface area contributed by atoms with Gasteiger partial charge in [0.1, 0.15) is 5.82 Å². The van der Waals surface area contributed by atoms with Gasteiger partial charge in [-0.05, 0) is 37.0 Å². The quantitative estimate of drug-likeness (QED) is 0.789. The third-order valence-electron chi connectivity index (χ3n) is 3.54. The average Bonchev–Trinajstić information content (AvgIpc) is 2.36. The molecule has 0 aliphatic heterocycles. The Morgan fingerprint density at radius 3 is 2.67 bits per heavy atom. The lowest BCUT2D eigenvalue weighted by atomic mass is 9.82. The maximum Gasteiger partial charge on any atom is 0.337 e. The summed E-state index contributed by atoms with van der Waals surface area (Å²) >= 11 is 0. The van der Waals surface area contributed by atoms with Crippen LogP contribution < -0.4 is 5.32 Å². The zero-order valence-corrected chi connectivity index (χ0v) is 11.5. The number of carbonyl (C=O) groups excluding carboxylic acids is 1. The third kappa shape index (κ3) is 3.69. The monoisotopic (exact) mass is 296 g/mol. The summed E-state index contributed by atoms with van der Waals surface area (Å²) < 4.78 is 13.2. The van der Waals surface area contributed by atoms with Gasteiger partial charge in [0.05, 0.1) is 17.4 Å². The molecule has 0 unspecified atom stereocenters. The van der Waals surface area contributed by atoms with E-state index >= 15 is 0 Å². The zero-order valence-electron chi connectivity index (χ0n) is 11.5. The summed E-state index contributed by atoms with van der Waals surface area (Å²) in [6.07, 6.45) is 1.00. The number of amides is 2. The van der Waals surface area contributed by atoms with Crippen LogP contribution in [-0.2, 0) is 0 Å². The Morgan fingerprint density at radius 2 is 2.10 bits per heavy atom. The van der Waals surface area contributed by atoms with Gasteiger partial charge in [0.2, 0.25) is 0 Å². The first-order chi connectivity index (χ1) is 9.86. The van der Waals surface area contributed by atoms with E-state index in [1.54, 1.807) is 7.05 Å². The van der Waals surface area contributed by atoms with Crippen molar-refractivity contribution in [3.8, 4) is 0 Å². The summed E-state index contributed by atoms with van der Waals surface area (Å²) in [6, 6.07) is 2.60. The molecular weight excluding hydrogens is 279 g/mol. The Balaban J connectivity index is 2.01. The lowest BCUT2D eigenvalue weighted by Gasteiger charge is -2.34. The number of anilines is 1.